The summed E-state index contributed by atoms with van der Waals surface area (Å²) in [6.45, 7) is 2.11. The van der Waals surface area contributed by atoms with Gasteiger partial charge in [0.25, 0.3) is 0 Å². The first-order valence-corrected chi connectivity index (χ1v) is 15.6. The van der Waals surface area contributed by atoms with Crippen molar-refractivity contribution in [3.05, 3.63) is 94.5 Å². The molecule has 0 radical (unpaired) electrons. The number of ether oxygens (including phenoxy) is 1. The minimum absolute atomic E-state index is 0.0268. The number of nitrogens with two attached hydrogens (primary N) is 1. The summed E-state index contributed by atoms with van der Waals surface area (Å²) in [5.74, 6) is 0.0416. The molecule has 3 aromatic rings. The third kappa shape index (κ3) is 7.30. The van der Waals surface area contributed by atoms with Crippen LogP contribution >= 0.6 is 11.6 Å². The Kier molecular flexibility index (Phi) is 8.64. The molecule has 3 aromatic carbocycles. The molecule has 0 aromatic heterocycles. The van der Waals surface area contributed by atoms with Crippen LogP contribution < -0.4 is 20.4 Å². The molecule has 0 bridgehead atoms. The van der Waals surface area contributed by atoms with Gasteiger partial charge in [0.15, 0.2) is 0 Å². The summed E-state index contributed by atoms with van der Waals surface area (Å²) in [5.41, 5.74) is 10.5. The molecule has 2 aliphatic heterocycles. The molecule has 5 rings (SSSR count). The zero-order chi connectivity index (χ0) is 30.7. The summed E-state index contributed by atoms with van der Waals surface area (Å²) in [6.07, 6.45) is 2.64. The Morgan fingerprint density at radius 2 is 1.95 bits per heavy atom. The fourth-order valence-corrected chi connectivity index (χ4v) is 5.27. The van der Waals surface area contributed by atoms with E-state index in [9.17, 15) is 17.6 Å². The Balaban J connectivity index is 1.31. The molecule has 0 unspecified atom stereocenters. The summed E-state index contributed by atoms with van der Waals surface area (Å²) >= 11 is 6.55. The molecule has 0 saturated carbocycles. The fourth-order valence-electron chi connectivity index (χ4n) is 4.51. The van der Waals surface area contributed by atoms with E-state index in [-0.39, 0.29) is 43.8 Å². The number of benzene rings is 3. The average Bonchev–Trinajstić information content (AvgIpc) is 3.43. The van der Waals surface area contributed by atoms with Crippen molar-refractivity contribution in [2.75, 3.05) is 41.7 Å². The lowest BCUT2D eigenvalue weighted by Gasteiger charge is -2.30. The van der Waals surface area contributed by atoms with E-state index >= 15 is 0 Å². The van der Waals surface area contributed by atoms with E-state index in [0.29, 0.717) is 39.1 Å². The predicted molar refractivity (Wildman–Crippen MR) is 164 cm³/mol. The van der Waals surface area contributed by atoms with E-state index in [1.54, 1.807) is 29.3 Å². The van der Waals surface area contributed by atoms with Crippen molar-refractivity contribution in [3.8, 4) is 5.75 Å². The van der Waals surface area contributed by atoms with Gasteiger partial charge in [0.2, 0.25) is 5.91 Å². The third-order valence-corrected chi connectivity index (χ3v) is 7.96. The van der Waals surface area contributed by atoms with E-state index < -0.39 is 9.84 Å². The van der Waals surface area contributed by atoms with Crippen LogP contribution in [0.2, 0.25) is 5.02 Å². The normalized spacial score (nSPS) is 15.4. The maximum absolute atomic E-state index is 13.5. The highest BCUT2D eigenvalue weighted by molar-refractivity contribution is 7.90. The smallest absolute Gasteiger partial charge is 0.223 e. The number of sulfone groups is 1. The van der Waals surface area contributed by atoms with E-state index in [2.05, 4.69) is 15.3 Å². The average molecular weight is 626 g/mol. The molecule has 0 spiro atoms. The number of carbonyl (C=O) groups is 1. The molecular formula is C29H29ClFN7O4S. The van der Waals surface area contributed by atoms with Crippen LogP contribution in [0.4, 0.5) is 21.5 Å². The molecule has 2 aliphatic rings. The Bertz CT molecular complexity index is 1760. The maximum Gasteiger partial charge on any atom is 0.223 e. The van der Waals surface area contributed by atoms with Gasteiger partial charge < -0.3 is 20.3 Å². The van der Waals surface area contributed by atoms with Crippen molar-refractivity contribution in [3.63, 3.8) is 0 Å². The lowest BCUT2D eigenvalue weighted by Crippen LogP contribution is -2.30. The number of carbonyl (C=O) groups excluding carboxylic acids is 1. The highest BCUT2D eigenvalue weighted by Crippen LogP contribution is 2.38. The molecule has 2 heterocycles. The Morgan fingerprint density at radius 1 is 1.16 bits per heavy atom. The van der Waals surface area contributed by atoms with Gasteiger partial charge in [-0.05, 0) is 54.1 Å². The standard InChI is InChI=1S/C29H29ClFN7O4S/c1-19(39)36(10-11-43(2,40)41)15-22-16-38(35-34-22)24-6-8-27-25(13-24)29(32)33-18-37(27)23-7-9-28(26(30)14-23)42-17-20-4-3-5-21(31)12-20/h3-9,12-15H,10-11,16-18H2,1-2H3,(H2,32,33). The molecule has 1 amide bonds. The summed E-state index contributed by atoms with van der Waals surface area (Å²) in [5, 5.41) is 10.4. The van der Waals surface area contributed by atoms with Gasteiger partial charge in [-0.3, -0.25) is 4.79 Å². The number of fused-ring (bicyclic) bond motifs is 1. The summed E-state index contributed by atoms with van der Waals surface area (Å²) in [4.78, 5) is 19.8. The van der Waals surface area contributed by atoms with Crippen molar-refractivity contribution in [1.82, 2.24) is 4.90 Å². The third-order valence-electron chi connectivity index (χ3n) is 6.74. The second kappa shape index (κ2) is 12.4. The Morgan fingerprint density at radius 3 is 2.67 bits per heavy atom. The molecule has 0 atom stereocenters. The first kappa shape index (κ1) is 30.0. The van der Waals surface area contributed by atoms with Crippen LogP contribution in [0.25, 0.3) is 0 Å². The minimum atomic E-state index is -3.24. The number of anilines is 3. The van der Waals surface area contributed by atoms with Crippen molar-refractivity contribution < 1.29 is 22.3 Å². The van der Waals surface area contributed by atoms with Crippen LogP contribution in [0.5, 0.6) is 5.75 Å². The van der Waals surface area contributed by atoms with Crippen LogP contribution in [0.3, 0.4) is 0 Å². The number of halogens is 2. The lowest BCUT2D eigenvalue weighted by atomic mass is 10.1. The summed E-state index contributed by atoms with van der Waals surface area (Å²) in [7, 11) is -3.24. The fraction of sp³-hybridized carbons (Fsp3) is 0.241. The number of rotatable bonds is 9. The SMILES string of the molecule is CC(=O)N(C=C1CN(c2ccc3c(c2)C(N)=NCN3c2ccc(OCc3cccc(F)c3)c(Cl)c2)N=N1)CCS(C)(=O)=O. The van der Waals surface area contributed by atoms with Crippen molar-refractivity contribution in [2.45, 2.75) is 13.5 Å². The van der Waals surface area contributed by atoms with Crippen LogP contribution in [-0.2, 0) is 21.2 Å². The van der Waals surface area contributed by atoms with E-state index in [1.807, 2.05) is 29.2 Å². The molecule has 11 nitrogen and oxygen atoms in total. The van der Waals surface area contributed by atoms with Crippen molar-refractivity contribution in [1.29, 1.82) is 0 Å². The Hall–Kier alpha value is -4.49. The zero-order valence-electron chi connectivity index (χ0n) is 23.4. The monoisotopic (exact) mass is 625 g/mol. The Labute approximate surface area is 253 Å². The van der Waals surface area contributed by atoms with E-state index in [0.717, 1.165) is 17.6 Å². The molecular weight excluding hydrogens is 597 g/mol. The topological polar surface area (TPSA) is 133 Å². The van der Waals surface area contributed by atoms with Crippen molar-refractivity contribution in [2.24, 2.45) is 21.1 Å². The lowest BCUT2D eigenvalue weighted by molar-refractivity contribution is -0.126. The van der Waals surface area contributed by atoms with Crippen LogP contribution in [0, 0.1) is 5.82 Å². The highest BCUT2D eigenvalue weighted by Gasteiger charge is 2.24. The van der Waals surface area contributed by atoms with Gasteiger partial charge in [-0.2, -0.15) is 0 Å². The molecule has 14 heteroatoms. The van der Waals surface area contributed by atoms with Crippen LogP contribution in [0.1, 0.15) is 18.1 Å². The minimum Gasteiger partial charge on any atom is -0.487 e. The first-order chi connectivity index (χ1) is 20.5. The number of nitrogens with zero attached hydrogens (tertiary/aromatic N) is 6. The molecule has 0 saturated heterocycles. The van der Waals surface area contributed by atoms with Crippen LogP contribution in [0.15, 0.2) is 87.9 Å². The number of hydrogen-bond donors (Lipinski definition) is 1. The molecule has 0 aliphatic carbocycles. The number of aliphatic imine (C=N–C) groups is 1. The quantitative estimate of drug-likeness (QED) is 0.361. The number of amidine groups is 1. The number of amides is 1. The second-order valence-corrected chi connectivity index (χ2v) is 12.7. The van der Waals surface area contributed by atoms with Gasteiger partial charge in [0, 0.05) is 37.2 Å². The van der Waals surface area contributed by atoms with Crippen LogP contribution in [-0.4, -0.2) is 56.8 Å². The molecule has 0 fully saturated rings. The maximum atomic E-state index is 13.5. The second-order valence-electron chi connectivity index (χ2n) is 10.1. The van der Waals surface area contributed by atoms with E-state index in [1.165, 1.54) is 30.2 Å². The molecule has 224 valence electrons. The van der Waals surface area contributed by atoms with Gasteiger partial charge in [-0.15, -0.1) is 5.11 Å². The predicted octanol–water partition coefficient (Wildman–Crippen LogP) is 4.79. The largest absolute Gasteiger partial charge is 0.487 e. The first-order valence-electron chi connectivity index (χ1n) is 13.2. The summed E-state index contributed by atoms with van der Waals surface area (Å²) in [6, 6.07) is 17.2. The zero-order valence-corrected chi connectivity index (χ0v) is 25.0. The summed E-state index contributed by atoms with van der Waals surface area (Å²) < 4.78 is 42.4. The molecule has 2 N–H and O–H groups in total. The van der Waals surface area contributed by atoms with Crippen molar-refractivity contribution >= 4 is 50.2 Å². The van der Waals surface area contributed by atoms with Gasteiger partial charge in [0.05, 0.1) is 28.7 Å². The highest BCUT2D eigenvalue weighted by atomic mass is 35.5. The van der Waals surface area contributed by atoms with Gasteiger partial charge in [-0.25, -0.2) is 22.8 Å². The van der Waals surface area contributed by atoms with Gasteiger partial charge >= 0.3 is 0 Å². The van der Waals surface area contributed by atoms with E-state index in [4.69, 9.17) is 22.1 Å². The molecule has 43 heavy (non-hydrogen) atoms. The number of hydrogen-bond acceptors (Lipinski definition) is 10. The van der Waals surface area contributed by atoms with Gasteiger partial charge in [-0.1, -0.05) is 29.0 Å². The van der Waals surface area contributed by atoms with Gasteiger partial charge in [0.1, 0.15) is 46.2 Å².